The number of nitrogens with zero attached hydrogens (tertiary/aromatic N) is 2. The number of carbonyl (C=O) groups excluding carboxylic acids is 2. The van der Waals surface area contributed by atoms with E-state index in [9.17, 15) is 14.7 Å². The zero-order valence-corrected chi connectivity index (χ0v) is 20.0. The van der Waals surface area contributed by atoms with E-state index < -0.39 is 27.9 Å². The third kappa shape index (κ3) is 2.12. The zero-order valence-electron chi connectivity index (χ0n) is 17.6. The Labute approximate surface area is 201 Å². The highest BCUT2D eigenvalue weighted by molar-refractivity contribution is 9.10. The number of nitrogens with one attached hydrogen (secondary N) is 2. The summed E-state index contributed by atoms with van der Waals surface area (Å²) in [6, 6.07) is 16.3. The number of aromatic nitrogens is 1. The van der Waals surface area contributed by atoms with E-state index in [1.54, 1.807) is 11.9 Å². The fourth-order valence-electron chi connectivity index (χ4n) is 6.14. The Hall–Kier alpha value is -2.27. The highest BCUT2D eigenvalue weighted by Gasteiger charge is 2.76. The molecule has 8 rings (SSSR count). The molecular formula is C23H20N4O3S3. The number of rotatable bonds is 2. The van der Waals surface area contributed by atoms with Gasteiger partial charge >= 0.3 is 0 Å². The molecule has 5 aliphatic heterocycles. The quantitative estimate of drug-likeness (QED) is 0.469. The van der Waals surface area contributed by atoms with Crippen LogP contribution in [0.5, 0.6) is 0 Å². The van der Waals surface area contributed by atoms with Crippen LogP contribution in [0.2, 0.25) is 0 Å². The maximum atomic E-state index is 14.1. The number of amides is 2. The predicted molar refractivity (Wildman–Crippen MR) is 132 cm³/mol. The summed E-state index contributed by atoms with van der Waals surface area (Å²) in [5.41, 5.74) is 3.53. The Morgan fingerprint density at radius 1 is 1.06 bits per heavy atom. The van der Waals surface area contributed by atoms with Gasteiger partial charge < -0.3 is 20.3 Å². The predicted octanol–water partition coefficient (Wildman–Crippen LogP) is 3.34. The SMILES string of the molecule is CN1C(=O)[C@@]23C[C@]4(c5c[nH]c6ccccc56)c5ccccc5N[C@@H]4N2C(=O)[C@]1(CO)SSS3. The van der Waals surface area contributed by atoms with Gasteiger partial charge in [-0.1, -0.05) is 36.4 Å². The molecule has 2 amide bonds. The average Bonchev–Trinajstić information content (AvgIpc) is 3.43. The third-order valence-electron chi connectivity index (χ3n) is 7.69. The van der Waals surface area contributed by atoms with Gasteiger partial charge in [-0.25, -0.2) is 0 Å². The maximum absolute atomic E-state index is 14.1. The molecule has 0 unspecified atom stereocenters. The summed E-state index contributed by atoms with van der Waals surface area (Å²) < 4.78 is 0. The minimum Gasteiger partial charge on any atom is -0.392 e. The van der Waals surface area contributed by atoms with Crippen molar-refractivity contribution in [3.63, 3.8) is 0 Å². The molecule has 10 heteroatoms. The number of H-pyrrole nitrogens is 1. The Balaban J connectivity index is 1.55. The molecule has 7 nitrogen and oxygen atoms in total. The van der Waals surface area contributed by atoms with E-state index in [0.29, 0.717) is 6.42 Å². The first-order valence-corrected chi connectivity index (χ1v) is 14.2. The Kier molecular flexibility index (Phi) is 3.93. The highest BCUT2D eigenvalue weighted by atomic mass is 33.5. The lowest BCUT2D eigenvalue weighted by atomic mass is 9.72. The maximum Gasteiger partial charge on any atom is 0.265 e. The number of piperazine rings is 1. The molecule has 0 saturated carbocycles. The number of likely N-dealkylation sites (N-methyl/N-ethyl adjacent to an activating group) is 1. The molecule has 0 aliphatic carbocycles. The summed E-state index contributed by atoms with van der Waals surface area (Å²) in [4.78, 5) is 32.3. The Morgan fingerprint density at radius 3 is 2.70 bits per heavy atom. The lowest BCUT2D eigenvalue weighted by Gasteiger charge is -2.50. The molecule has 168 valence electrons. The molecule has 1 spiro atoms. The van der Waals surface area contributed by atoms with E-state index in [2.05, 4.69) is 22.4 Å². The summed E-state index contributed by atoms with van der Waals surface area (Å²) in [5, 5.41) is 15.1. The van der Waals surface area contributed by atoms with E-state index in [1.807, 2.05) is 42.6 Å². The van der Waals surface area contributed by atoms with E-state index in [0.717, 1.165) is 27.7 Å². The van der Waals surface area contributed by atoms with Gasteiger partial charge in [0, 0.05) is 36.3 Å². The van der Waals surface area contributed by atoms with Crippen LogP contribution in [0.25, 0.3) is 10.9 Å². The van der Waals surface area contributed by atoms with Crippen LogP contribution in [0.15, 0.2) is 54.7 Å². The molecule has 5 aliphatic rings. The van der Waals surface area contributed by atoms with Crippen molar-refractivity contribution in [2.24, 2.45) is 0 Å². The van der Waals surface area contributed by atoms with Crippen molar-refractivity contribution in [3.8, 4) is 0 Å². The monoisotopic (exact) mass is 496 g/mol. The fourth-order valence-corrected chi connectivity index (χ4v) is 12.0. The molecule has 6 heterocycles. The first-order chi connectivity index (χ1) is 16.0. The highest BCUT2D eigenvalue weighted by Crippen LogP contribution is 2.69. The number of aliphatic hydroxyl groups excluding tert-OH is 1. The van der Waals surface area contributed by atoms with Crippen LogP contribution in [-0.2, 0) is 15.0 Å². The summed E-state index contributed by atoms with van der Waals surface area (Å²) in [6.45, 7) is -0.432. The van der Waals surface area contributed by atoms with E-state index in [-0.39, 0.29) is 11.8 Å². The second-order valence-electron chi connectivity index (χ2n) is 8.99. The van der Waals surface area contributed by atoms with Crippen LogP contribution in [-0.4, -0.2) is 61.3 Å². The van der Waals surface area contributed by atoms with Crippen molar-refractivity contribution in [1.82, 2.24) is 14.8 Å². The van der Waals surface area contributed by atoms with Crippen molar-refractivity contribution in [1.29, 1.82) is 0 Å². The van der Waals surface area contributed by atoms with Crippen LogP contribution in [0.1, 0.15) is 17.5 Å². The average molecular weight is 497 g/mol. The van der Waals surface area contributed by atoms with Crippen LogP contribution < -0.4 is 5.32 Å². The fraction of sp³-hybridized carbons (Fsp3) is 0.304. The molecule has 4 atom stereocenters. The van der Waals surface area contributed by atoms with Crippen molar-refractivity contribution in [2.45, 2.75) is 27.7 Å². The first-order valence-electron chi connectivity index (χ1n) is 10.7. The van der Waals surface area contributed by atoms with Gasteiger partial charge in [0.2, 0.25) is 4.87 Å². The molecular weight excluding hydrogens is 476 g/mol. The van der Waals surface area contributed by atoms with E-state index in [4.69, 9.17) is 0 Å². The molecule has 4 saturated heterocycles. The summed E-state index contributed by atoms with van der Waals surface area (Å²) in [5.74, 6) is -0.354. The summed E-state index contributed by atoms with van der Waals surface area (Å²) in [6.07, 6.45) is 2.03. The lowest BCUT2D eigenvalue weighted by Crippen LogP contribution is -2.73. The second-order valence-corrected chi connectivity index (χ2v) is 13.4. The van der Waals surface area contributed by atoms with Gasteiger partial charge in [-0.05, 0) is 54.7 Å². The number of benzene rings is 2. The molecule has 4 fully saturated rings. The second kappa shape index (κ2) is 6.44. The first kappa shape index (κ1) is 20.1. The van der Waals surface area contributed by atoms with Gasteiger partial charge in [-0.3, -0.25) is 14.5 Å². The Morgan fingerprint density at radius 2 is 1.85 bits per heavy atom. The lowest BCUT2D eigenvalue weighted by molar-refractivity contribution is -0.165. The summed E-state index contributed by atoms with van der Waals surface area (Å²) in [7, 11) is 5.78. The largest absolute Gasteiger partial charge is 0.392 e. The topological polar surface area (TPSA) is 88.7 Å². The van der Waals surface area contributed by atoms with Gasteiger partial charge in [0.25, 0.3) is 11.8 Å². The van der Waals surface area contributed by atoms with Crippen LogP contribution in [0.4, 0.5) is 5.69 Å². The van der Waals surface area contributed by atoms with Crippen molar-refractivity contribution >= 4 is 59.8 Å². The van der Waals surface area contributed by atoms with E-state index >= 15 is 0 Å². The number of hydrogen-bond acceptors (Lipinski definition) is 7. The van der Waals surface area contributed by atoms with Crippen molar-refractivity contribution < 1.29 is 14.7 Å². The molecule has 2 bridgehead atoms. The smallest absolute Gasteiger partial charge is 0.265 e. The molecule has 33 heavy (non-hydrogen) atoms. The van der Waals surface area contributed by atoms with Crippen LogP contribution >= 0.6 is 31.4 Å². The van der Waals surface area contributed by atoms with Crippen molar-refractivity contribution in [2.75, 3.05) is 19.0 Å². The number of para-hydroxylation sites is 2. The van der Waals surface area contributed by atoms with Gasteiger partial charge in [-0.15, -0.1) is 0 Å². The minimum absolute atomic E-state index is 0.133. The van der Waals surface area contributed by atoms with E-state index in [1.165, 1.54) is 36.3 Å². The number of aliphatic hydroxyl groups is 1. The number of hydrogen-bond donors (Lipinski definition) is 3. The molecule has 3 aromatic rings. The minimum atomic E-state index is -1.33. The number of fused-ring (bicyclic) bond motifs is 7. The third-order valence-corrected chi connectivity index (χ3v) is 12.8. The van der Waals surface area contributed by atoms with Gasteiger partial charge in [-0.2, -0.15) is 0 Å². The normalized spacial score (nSPS) is 34.3. The van der Waals surface area contributed by atoms with Gasteiger partial charge in [0.05, 0.1) is 12.0 Å². The van der Waals surface area contributed by atoms with Crippen LogP contribution in [0.3, 0.4) is 0 Å². The molecule has 3 N–H and O–H groups in total. The van der Waals surface area contributed by atoms with Crippen molar-refractivity contribution in [3.05, 3.63) is 65.9 Å². The molecule has 1 aromatic heterocycles. The number of carbonyl (C=O) groups is 2. The standard InChI is InChI=1S/C23H20N4O3S3/c1-26-19(29)22-11-21(15-10-24-16-8-4-2-6-13(15)16)14-7-3-5-9-17(14)25-18(21)27(22)20(30)23(26,12-28)32-33-31-22/h2-10,18,24-25,28H,11-12H2,1H3/t18-,21-,22+,23+/m1/s1. The zero-order chi connectivity index (χ0) is 22.6. The summed E-state index contributed by atoms with van der Waals surface area (Å²) >= 11 is 0. The van der Waals surface area contributed by atoms with Crippen LogP contribution in [0, 0.1) is 0 Å². The number of anilines is 1. The molecule has 2 aromatic carbocycles. The van der Waals surface area contributed by atoms with Gasteiger partial charge in [0.1, 0.15) is 6.17 Å². The Bertz CT molecular complexity index is 1360. The number of aromatic amines is 1. The molecule has 0 radical (unpaired) electrons. The van der Waals surface area contributed by atoms with Gasteiger partial charge in [0.15, 0.2) is 4.87 Å².